The molecule has 2 N–H and O–H groups in total. The molecule has 1 aliphatic carbocycles. The lowest BCUT2D eigenvalue weighted by atomic mass is 9.69. The fourth-order valence-electron chi connectivity index (χ4n) is 4.17. The van der Waals surface area contributed by atoms with Crippen molar-refractivity contribution in [1.29, 1.82) is 5.26 Å². The Labute approximate surface area is 177 Å². The van der Waals surface area contributed by atoms with Gasteiger partial charge in [-0.15, -0.1) is 0 Å². The molecule has 1 aliphatic heterocycles. The molecule has 6 heteroatoms. The number of nitrogens with zero attached hydrogens (tertiary/aromatic N) is 2. The Morgan fingerprint density at radius 1 is 1.25 bits per heavy atom. The van der Waals surface area contributed by atoms with E-state index in [2.05, 4.69) is 35.8 Å². The fraction of sp³-hybridized carbons (Fsp3) is 0.273. The van der Waals surface area contributed by atoms with E-state index in [9.17, 15) is 10.1 Å². The van der Waals surface area contributed by atoms with Crippen LogP contribution in [-0.2, 0) is 4.79 Å². The second-order valence-electron chi connectivity index (χ2n) is 8.01. The molecule has 0 fully saturated rings. The van der Waals surface area contributed by atoms with E-state index >= 15 is 0 Å². The molecular formula is C22H20BrN3OS. The van der Waals surface area contributed by atoms with Gasteiger partial charge in [0.05, 0.1) is 17.6 Å². The van der Waals surface area contributed by atoms with Gasteiger partial charge in [-0.25, -0.2) is 0 Å². The normalized spacial score (nSPS) is 21.6. The Morgan fingerprint density at radius 3 is 2.57 bits per heavy atom. The van der Waals surface area contributed by atoms with Gasteiger partial charge < -0.3 is 5.73 Å². The SMILES string of the molecule is CC1(C)CC(=O)C2=C(C1)N(c1ccc(Br)cc1)C(N)=C(C#N)[C@@H]2c1ccsc1. The number of hydrogen-bond acceptors (Lipinski definition) is 5. The molecule has 4 nitrogen and oxygen atoms in total. The van der Waals surface area contributed by atoms with Crippen molar-refractivity contribution < 1.29 is 4.79 Å². The molecule has 0 unspecified atom stereocenters. The van der Waals surface area contributed by atoms with Gasteiger partial charge in [0.2, 0.25) is 0 Å². The summed E-state index contributed by atoms with van der Waals surface area (Å²) < 4.78 is 0.960. The zero-order chi connectivity index (χ0) is 20.1. The highest BCUT2D eigenvalue weighted by atomic mass is 79.9. The van der Waals surface area contributed by atoms with Gasteiger partial charge in [-0.3, -0.25) is 9.69 Å². The lowest BCUT2D eigenvalue weighted by molar-refractivity contribution is -0.118. The zero-order valence-corrected chi connectivity index (χ0v) is 18.1. The summed E-state index contributed by atoms with van der Waals surface area (Å²) in [4.78, 5) is 15.2. The lowest BCUT2D eigenvalue weighted by Crippen LogP contribution is -2.42. The molecular weight excluding hydrogens is 434 g/mol. The Morgan fingerprint density at radius 2 is 1.96 bits per heavy atom. The minimum absolute atomic E-state index is 0.102. The second-order valence-corrected chi connectivity index (χ2v) is 9.71. The van der Waals surface area contributed by atoms with Crippen LogP contribution in [0, 0.1) is 16.7 Å². The monoisotopic (exact) mass is 453 g/mol. The molecule has 0 bridgehead atoms. The van der Waals surface area contributed by atoms with Crippen LogP contribution in [0.15, 0.2) is 68.2 Å². The molecule has 0 spiro atoms. The maximum Gasteiger partial charge on any atom is 0.162 e. The highest BCUT2D eigenvalue weighted by molar-refractivity contribution is 9.10. The van der Waals surface area contributed by atoms with Crippen LogP contribution < -0.4 is 10.6 Å². The molecule has 0 saturated heterocycles. The van der Waals surface area contributed by atoms with Gasteiger partial charge in [-0.2, -0.15) is 16.6 Å². The van der Waals surface area contributed by atoms with Crippen molar-refractivity contribution in [1.82, 2.24) is 0 Å². The highest BCUT2D eigenvalue weighted by Crippen LogP contribution is 2.50. The molecule has 4 rings (SSSR count). The van der Waals surface area contributed by atoms with E-state index in [1.54, 1.807) is 11.3 Å². The van der Waals surface area contributed by atoms with Gasteiger partial charge in [0.1, 0.15) is 5.82 Å². The molecule has 28 heavy (non-hydrogen) atoms. The Kier molecular flexibility index (Phi) is 4.68. The lowest BCUT2D eigenvalue weighted by Gasteiger charge is -2.43. The number of nitrogens with two attached hydrogens (primary N) is 1. The molecule has 1 aromatic carbocycles. The van der Waals surface area contributed by atoms with E-state index in [-0.39, 0.29) is 17.1 Å². The summed E-state index contributed by atoms with van der Waals surface area (Å²) in [6.07, 6.45) is 1.20. The van der Waals surface area contributed by atoms with Crippen molar-refractivity contribution in [3.05, 3.63) is 73.8 Å². The fourth-order valence-corrected chi connectivity index (χ4v) is 5.12. The maximum atomic E-state index is 13.3. The largest absolute Gasteiger partial charge is 0.384 e. The van der Waals surface area contributed by atoms with Gasteiger partial charge in [-0.05, 0) is 58.5 Å². The Balaban J connectivity index is 1.99. The number of benzene rings is 1. The van der Waals surface area contributed by atoms with Crippen LogP contribution in [0.3, 0.4) is 0 Å². The number of allylic oxidation sites excluding steroid dienone is 3. The molecule has 0 amide bonds. The van der Waals surface area contributed by atoms with Crippen LogP contribution in [-0.4, -0.2) is 5.78 Å². The smallest absolute Gasteiger partial charge is 0.162 e. The number of rotatable bonds is 2. The van der Waals surface area contributed by atoms with Crippen molar-refractivity contribution >= 4 is 38.7 Å². The number of nitriles is 1. The molecule has 2 aliphatic rings. The van der Waals surface area contributed by atoms with Gasteiger partial charge in [0.15, 0.2) is 5.78 Å². The van der Waals surface area contributed by atoms with Crippen molar-refractivity contribution in [2.75, 3.05) is 4.90 Å². The van der Waals surface area contributed by atoms with Crippen LogP contribution in [0.25, 0.3) is 0 Å². The van der Waals surface area contributed by atoms with Gasteiger partial charge >= 0.3 is 0 Å². The van der Waals surface area contributed by atoms with Crippen molar-refractivity contribution in [3.8, 4) is 6.07 Å². The predicted octanol–water partition coefficient (Wildman–Crippen LogP) is 5.45. The minimum Gasteiger partial charge on any atom is -0.384 e. The maximum absolute atomic E-state index is 13.3. The first-order chi connectivity index (χ1) is 13.3. The van der Waals surface area contributed by atoms with E-state index in [0.29, 0.717) is 23.4 Å². The van der Waals surface area contributed by atoms with Crippen molar-refractivity contribution in [2.24, 2.45) is 11.1 Å². The first-order valence-electron chi connectivity index (χ1n) is 9.06. The van der Waals surface area contributed by atoms with Crippen LogP contribution in [0.5, 0.6) is 0 Å². The molecule has 0 radical (unpaired) electrons. The van der Waals surface area contributed by atoms with E-state index in [1.807, 2.05) is 46.0 Å². The number of carbonyl (C=O) groups excluding carboxylic acids is 1. The summed E-state index contributed by atoms with van der Waals surface area (Å²) in [6.45, 7) is 4.21. The number of ketones is 1. The van der Waals surface area contributed by atoms with Crippen LogP contribution >= 0.6 is 27.3 Å². The number of hydrogen-bond donors (Lipinski definition) is 1. The summed E-state index contributed by atoms with van der Waals surface area (Å²) in [6, 6.07) is 12.1. The third-order valence-electron chi connectivity index (χ3n) is 5.34. The first kappa shape index (κ1) is 19.0. The minimum atomic E-state index is -0.387. The molecule has 2 aromatic rings. The molecule has 1 aromatic heterocycles. The molecule has 1 atom stereocenters. The number of carbonyl (C=O) groups is 1. The highest BCUT2D eigenvalue weighted by Gasteiger charge is 2.44. The summed E-state index contributed by atoms with van der Waals surface area (Å²) in [5.74, 6) is 0.122. The summed E-state index contributed by atoms with van der Waals surface area (Å²) in [7, 11) is 0. The molecule has 142 valence electrons. The van der Waals surface area contributed by atoms with Crippen LogP contribution in [0.2, 0.25) is 0 Å². The Hall–Kier alpha value is -2.36. The quantitative estimate of drug-likeness (QED) is 0.655. The van der Waals surface area contributed by atoms with Gasteiger partial charge in [0, 0.05) is 27.9 Å². The Bertz CT molecular complexity index is 1040. The summed E-state index contributed by atoms with van der Waals surface area (Å²) in [5, 5.41) is 13.9. The van der Waals surface area contributed by atoms with Crippen LogP contribution in [0.1, 0.15) is 38.2 Å². The van der Waals surface area contributed by atoms with Crippen LogP contribution in [0.4, 0.5) is 5.69 Å². The third-order valence-corrected chi connectivity index (χ3v) is 6.57. The number of thiophene rings is 1. The predicted molar refractivity (Wildman–Crippen MR) is 116 cm³/mol. The summed E-state index contributed by atoms with van der Waals surface area (Å²) >= 11 is 5.02. The van der Waals surface area contributed by atoms with E-state index < -0.39 is 0 Å². The number of Topliss-reactive ketones (excluding diaryl/α,β-unsaturated/α-hetero) is 1. The van der Waals surface area contributed by atoms with E-state index in [4.69, 9.17) is 5.73 Å². The van der Waals surface area contributed by atoms with E-state index in [1.165, 1.54) is 0 Å². The first-order valence-corrected chi connectivity index (χ1v) is 10.8. The van der Waals surface area contributed by atoms with E-state index in [0.717, 1.165) is 27.8 Å². The summed E-state index contributed by atoms with van der Waals surface area (Å²) in [5.41, 5.74) is 10.3. The topological polar surface area (TPSA) is 70.1 Å². The molecule has 2 heterocycles. The van der Waals surface area contributed by atoms with Gasteiger partial charge in [0.25, 0.3) is 0 Å². The molecule has 0 saturated carbocycles. The average molecular weight is 454 g/mol. The zero-order valence-electron chi connectivity index (χ0n) is 15.7. The van der Waals surface area contributed by atoms with Crippen molar-refractivity contribution in [2.45, 2.75) is 32.6 Å². The number of halogens is 1. The third kappa shape index (κ3) is 3.09. The van der Waals surface area contributed by atoms with Gasteiger partial charge in [-0.1, -0.05) is 29.8 Å². The second kappa shape index (κ2) is 6.91. The average Bonchev–Trinajstić information content (AvgIpc) is 3.15. The number of anilines is 1. The standard InChI is InChI=1S/C22H20BrN3OS/c1-22(2)9-17-20(18(27)10-22)19(13-7-8-28-12-13)16(11-24)21(25)26(17)15-5-3-14(23)4-6-15/h3-8,12,19H,9-10,25H2,1-2H3/t19-/m0/s1. The van der Waals surface area contributed by atoms with Crippen molar-refractivity contribution in [3.63, 3.8) is 0 Å².